The lowest BCUT2D eigenvalue weighted by molar-refractivity contribution is -0.384. The molecule has 1 aromatic heterocycles. The monoisotopic (exact) mass is 506 g/mol. The van der Waals surface area contributed by atoms with Gasteiger partial charge in [-0.05, 0) is 53.6 Å². The van der Waals surface area contributed by atoms with Crippen molar-refractivity contribution in [2.45, 2.75) is 6.04 Å². The third kappa shape index (κ3) is 4.72. The Bertz CT molecular complexity index is 1450. The van der Waals surface area contributed by atoms with Gasteiger partial charge in [0.2, 0.25) is 5.95 Å². The summed E-state index contributed by atoms with van der Waals surface area (Å²) in [5, 5.41) is 22.5. The van der Waals surface area contributed by atoms with Gasteiger partial charge in [0.15, 0.2) is 0 Å². The number of nitro benzene ring substituents is 1. The smallest absolute Gasteiger partial charge is 0.269 e. The number of carbonyl (C=O) groups is 1. The zero-order valence-corrected chi connectivity index (χ0v) is 19.4. The molecule has 4 aromatic rings. The number of fused-ring (bicyclic) bond motifs is 1. The lowest BCUT2D eigenvalue weighted by Gasteiger charge is -2.24. The second-order valence-corrected chi connectivity index (χ2v) is 8.54. The summed E-state index contributed by atoms with van der Waals surface area (Å²) in [6.07, 6.45) is 2.00. The Kier molecular flexibility index (Phi) is 5.94. The standard InChI is InChI=1S/C24H16Cl2N6O3/c25-17-7-1-14(2-8-17)20-13-21(15-3-9-18(26)10-4-15)31-24(27-20)29-23(30-31)28-22(33)16-5-11-19(12-6-16)32(34)35/h1-13,21H,(H2,27,28,29,30,33)/t21-/m1/s1. The molecule has 35 heavy (non-hydrogen) atoms. The molecule has 0 radical (unpaired) electrons. The van der Waals surface area contributed by atoms with Gasteiger partial charge in [-0.15, -0.1) is 5.10 Å². The van der Waals surface area contributed by atoms with E-state index in [1.54, 1.807) is 28.9 Å². The molecule has 0 saturated heterocycles. The van der Waals surface area contributed by atoms with Crippen LogP contribution in [-0.2, 0) is 0 Å². The van der Waals surface area contributed by atoms with E-state index in [1.165, 1.54) is 24.3 Å². The number of hydrogen-bond acceptors (Lipinski definition) is 6. The van der Waals surface area contributed by atoms with Crippen molar-refractivity contribution in [2.75, 3.05) is 10.6 Å². The predicted octanol–water partition coefficient (Wildman–Crippen LogP) is 5.80. The molecule has 2 heterocycles. The van der Waals surface area contributed by atoms with Gasteiger partial charge in [-0.25, -0.2) is 4.68 Å². The minimum absolute atomic E-state index is 0.0839. The molecule has 11 heteroatoms. The van der Waals surface area contributed by atoms with Crippen molar-refractivity contribution in [1.82, 2.24) is 14.8 Å². The predicted molar refractivity (Wildman–Crippen MR) is 134 cm³/mol. The molecule has 1 amide bonds. The quantitative estimate of drug-likeness (QED) is 0.261. The SMILES string of the molecule is O=C(Nc1nc2n(n1)[C@@H](c1ccc(Cl)cc1)C=C(c1ccc(Cl)cc1)N2)c1ccc([N+](=O)[O-])cc1. The molecule has 9 nitrogen and oxygen atoms in total. The Balaban J connectivity index is 1.47. The van der Waals surface area contributed by atoms with Crippen LogP contribution in [-0.4, -0.2) is 25.6 Å². The molecule has 0 spiro atoms. The van der Waals surface area contributed by atoms with E-state index >= 15 is 0 Å². The number of hydrogen-bond donors (Lipinski definition) is 2. The molecule has 5 rings (SSSR count). The van der Waals surface area contributed by atoms with Crippen LogP contribution in [0.15, 0.2) is 78.9 Å². The first-order valence-corrected chi connectivity index (χ1v) is 11.2. The van der Waals surface area contributed by atoms with Gasteiger partial charge in [0.05, 0.1) is 4.92 Å². The highest BCUT2D eigenvalue weighted by Crippen LogP contribution is 2.34. The number of nitrogens with one attached hydrogen (secondary N) is 2. The molecule has 0 saturated carbocycles. The van der Waals surface area contributed by atoms with Crippen LogP contribution < -0.4 is 10.6 Å². The molecular weight excluding hydrogens is 491 g/mol. The van der Waals surface area contributed by atoms with Crippen LogP contribution in [0.3, 0.4) is 0 Å². The van der Waals surface area contributed by atoms with Crippen molar-refractivity contribution in [3.8, 4) is 0 Å². The number of allylic oxidation sites excluding steroid dienone is 1. The first-order valence-electron chi connectivity index (χ1n) is 10.4. The number of carbonyl (C=O) groups excluding carboxylic acids is 1. The number of nitro groups is 1. The number of amides is 1. The highest BCUT2D eigenvalue weighted by molar-refractivity contribution is 6.30. The number of aromatic nitrogens is 3. The lowest BCUT2D eigenvalue weighted by Crippen LogP contribution is -2.20. The summed E-state index contributed by atoms with van der Waals surface area (Å²) in [6.45, 7) is 0. The van der Waals surface area contributed by atoms with E-state index in [9.17, 15) is 14.9 Å². The number of anilines is 2. The Labute approximate surface area is 209 Å². The van der Waals surface area contributed by atoms with Crippen LogP contribution in [0.4, 0.5) is 17.6 Å². The molecule has 0 bridgehead atoms. The third-order valence-electron chi connectivity index (χ3n) is 5.40. The number of nitrogens with zero attached hydrogens (tertiary/aromatic N) is 4. The molecule has 1 atom stereocenters. The van der Waals surface area contributed by atoms with E-state index in [-0.39, 0.29) is 23.2 Å². The van der Waals surface area contributed by atoms with E-state index in [0.717, 1.165) is 16.8 Å². The fourth-order valence-corrected chi connectivity index (χ4v) is 3.90. The van der Waals surface area contributed by atoms with Crippen molar-refractivity contribution in [3.63, 3.8) is 0 Å². The van der Waals surface area contributed by atoms with Crippen molar-refractivity contribution >= 4 is 52.4 Å². The molecule has 2 N–H and O–H groups in total. The van der Waals surface area contributed by atoms with Gasteiger partial charge in [-0.1, -0.05) is 47.5 Å². The van der Waals surface area contributed by atoms with Crippen LogP contribution in [0.2, 0.25) is 10.0 Å². The summed E-state index contributed by atoms with van der Waals surface area (Å²) in [6, 6.07) is 19.7. The van der Waals surface area contributed by atoms with Gasteiger partial charge >= 0.3 is 0 Å². The van der Waals surface area contributed by atoms with E-state index in [1.807, 2.05) is 30.3 Å². The third-order valence-corrected chi connectivity index (χ3v) is 5.90. The van der Waals surface area contributed by atoms with Gasteiger partial charge in [0.1, 0.15) is 6.04 Å². The summed E-state index contributed by atoms with van der Waals surface area (Å²) in [7, 11) is 0. The Hall–Kier alpha value is -4.21. The summed E-state index contributed by atoms with van der Waals surface area (Å²) in [5.74, 6) is 0.0220. The summed E-state index contributed by atoms with van der Waals surface area (Å²) < 4.78 is 1.66. The minimum Gasteiger partial charge on any atom is -0.324 e. The largest absolute Gasteiger partial charge is 0.324 e. The lowest BCUT2D eigenvalue weighted by atomic mass is 10.0. The topological polar surface area (TPSA) is 115 Å². The maximum atomic E-state index is 12.7. The van der Waals surface area contributed by atoms with Crippen molar-refractivity contribution < 1.29 is 9.72 Å². The second kappa shape index (κ2) is 9.21. The Morgan fingerprint density at radius 3 is 2.23 bits per heavy atom. The summed E-state index contributed by atoms with van der Waals surface area (Å²) >= 11 is 12.1. The maximum Gasteiger partial charge on any atom is 0.269 e. The number of benzene rings is 3. The molecular formula is C24H16Cl2N6O3. The van der Waals surface area contributed by atoms with Gasteiger partial charge in [0.25, 0.3) is 17.5 Å². The number of halogens is 2. The molecule has 0 aliphatic carbocycles. The van der Waals surface area contributed by atoms with Crippen LogP contribution >= 0.6 is 23.2 Å². The van der Waals surface area contributed by atoms with Crippen molar-refractivity contribution in [2.24, 2.45) is 0 Å². The summed E-state index contributed by atoms with van der Waals surface area (Å²) in [5.41, 5.74) is 2.76. The Morgan fingerprint density at radius 1 is 0.971 bits per heavy atom. The van der Waals surface area contributed by atoms with Gasteiger partial charge in [-0.2, -0.15) is 4.98 Å². The van der Waals surface area contributed by atoms with Gasteiger partial charge in [0, 0.05) is 33.4 Å². The Morgan fingerprint density at radius 2 is 1.60 bits per heavy atom. The first-order chi connectivity index (χ1) is 16.9. The highest BCUT2D eigenvalue weighted by atomic mass is 35.5. The molecule has 3 aromatic carbocycles. The van der Waals surface area contributed by atoms with Crippen molar-refractivity contribution in [1.29, 1.82) is 0 Å². The van der Waals surface area contributed by atoms with Crippen LogP contribution in [0, 0.1) is 10.1 Å². The van der Waals surface area contributed by atoms with Crippen LogP contribution in [0.25, 0.3) is 5.70 Å². The van der Waals surface area contributed by atoms with Crippen molar-refractivity contribution in [3.05, 3.63) is 116 Å². The molecule has 1 aliphatic rings. The molecule has 0 fully saturated rings. The number of non-ortho nitro benzene ring substituents is 1. The van der Waals surface area contributed by atoms with E-state index in [0.29, 0.717) is 16.0 Å². The number of rotatable bonds is 5. The average Bonchev–Trinajstić information content (AvgIpc) is 3.27. The zero-order chi connectivity index (χ0) is 24.5. The van der Waals surface area contributed by atoms with Gasteiger partial charge < -0.3 is 5.32 Å². The highest BCUT2D eigenvalue weighted by Gasteiger charge is 2.26. The van der Waals surface area contributed by atoms with E-state index in [2.05, 4.69) is 20.7 Å². The van der Waals surface area contributed by atoms with Crippen LogP contribution in [0.5, 0.6) is 0 Å². The normalized spacial score (nSPS) is 14.5. The van der Waals surface area contributed by atoms with E-state index in [4.69, 9.17) is 23.2 Å². The molecule has 0 unspecified atom stereocenters. The zero-order valence-electron chi connectivity index (χ0n) is 17.9. The maximum absolute atomic E-state index is 12.7. The molecule has 174 valence electrons. The summed E-state index contributed by atoms with van der Waals surface area (Å²) in [4.78, 5) is 27.5. The average molecular weight is 507 g/mol. The molecule has 1 aliphatic heterocycles. The van der Waals surface area contributed by atoms with E-state index < -0.39 is 10.8 Å². The fraction of sp³-hybridized carbons (Fsp3) is 0.0417. The minimum atomic E-state index is -0.527. The fourth-order valence-electron chi connectivity index (χ4n) is 3.65. The first kappa shape index (κ1) is 22.6. The van der Waals surface area contributed by atoms with Crippen LogP contribution in [0.1, 0.15) is 27.5 Å². The second-order valence-electron chi connectivity index (χ2n) is 7.67. The van der Waals surface area contributed by atoms with Gasteiger partial charge in [-0.3, -0.25) is 20.2 Å².